The molecule has 5 aromatic carbocycles. The number of ether oxygens (including phenoxy) is 5. The number of aliphatic hydroxyl groups excluding tert-OH is 6. The first-order valence-corrected chi connectivity index (χ1v) is 32.7. The average Bonchev–Trinajstić information content (AvgIpc) is 0.770. The minimum Gasteiger partial charge on any atom is -0.508 e. The Morgan fingerprint density at radius 3 is 1.94 bits per heavy atom. The maximum atomic E-state index is 16.1. The third-order valence-corrected chi connectivity index (χ3v) is 18.9. The van der Waals surface area contributed by atoms with E-state index in [4.69, 9.17) is 58.4 Å². The number of hydrogen-bond donors (Lipinski definition) is 19. The molecule has 7 aliphatic rings. The van der Waals surface area contributed by atoms with Crippen LogP contribution < -0.4 is 62.9 Å². The van der Waals surface area contributed by atoms with Crippen LogP contribution in [0, 0.1) is 11.8 Å². The number of carboxylic acid groups (broad SMARTS) is 1. The van der Waals surface area contributed by atoms with Gasteiger partial charge in [0.1, 0.15) is 89.5 Å². The Hall–Kier alpha value is -9.16. The third-order valence-electron chi connectivity index (χ3n) is 18.3. The van der Waals surface area contributed by atoms with Crippen molar-refractivity contribution in [1.29, 1.82) is 0 Å². The lowest BCUT2D eigenvalue weighted by Gasteiger charge is -2.44. The molecule has 7 amide bonds. The number of fused-ring (bicyclic) bond motifs is 15. The molecule has 2 fully saturated rings. The number of aliphatic hydroxyl groups is 6. The zero-order chi connectivity index (χ0) is 73.5. The first-order valence-electron chi connectivity index (χ1n) is 32.0. The molecular formula is C67H77Cl2N9O23. The Labute approximate surface area is 585 Å². The van der Waals surface area contributed by atoms with Crippen molar-refractivity contribution in [2.24, 2.45) is 23.3 Å². The largest absolute Gasteiger partial charge is 0.508 e. The van der Waals surface area contributed by atoms with Crippen molar-refractivity contribution < 1.29 is 113 Å². The number of carbonyl (C=O) groups excluding carboxylic acids is 7. The number of amides is 7. The van der Waals surface area contributed by atoms with Gasteiger partial charge in [0, 0.05) is 47.2 Å². The smallest absolute Gasteiger partial charge is 0.330 e. The highest BCUT2D eigenvalue weighted by Gasteiger charge is 2.49. The minimum absolute atomic E-state index is 0.0884. The van der Waals surface area contributed by atoms with E-state index < -0.39 is 226 Å². The van der Waals surface area contributed by atoms with E-state index in [1.807, 2.05) is 13.8 Å². The van der Waals surface area contributed by atoms with E-state index >= 15 is 19.2 Å². The van der Waals surface area contributed by atoms with E-state index in [-0.39, 0.29) is 63.4 Å². The molecule has 542 valence electrons. The molecule has 6 heterocycles. The molecule has 0 spiro atoms. The van der Waals surface area contributed by atoms with Gasteiger partial charge in [-0.25, -0.2) is 4.79 Å². The van der Waals surface area contributed by atoms with Crippen molar-refractivity contribution in [3.63, 3.8) is 0 Å². The van der Waals surface area contributed by atoms with Crippen LogP contribution in [0.5, 0.6) is 46.0 Å². The molecule has 12 rings (SSSR count). The second kappa shape index (κ2) is 30.2. The fourth-order valence-electron chi connectivity index (χ4n) is 12.9. The number of benzene rings is 5. The van der Waals surface area contributed by atoms with Gasteiger partial charge >= 0.3 is 5.97 Å². The maximum absolute atomic E-state index is 16.1. The summed E-state index contributed by atoms with van der Waals surface area (Å²) in [6, 6.07) is 0.0436. The fourth-order valence-corrected chi connectivity index (χ4v) is 13.4. The summed E-state index contributed by atoms with van der Waals surface area (Å²) in [6.07, 6.45) is -16.6. The summed E-state index contributed by atoms with van der Waals surface area (Å²) in [7, 11) is 1.48. The molecule has 1 saturated carbocycles. The van der Waals surface area contributed by atoms with Crippen molar-refractivity contribution in [3.05, 3.63) is 117 Å². The lowest BCUT2D eigenvalue weighted by Crippen LogP contribution is -2.61. The van der Waals surface area contributed by atoms with E-state index in [1.54, 1.807) is 0 Å². The molecule has 11 bridgehead atoms. The number of likely N-dealkylation sites (N-methyl/N-ethyl adjacent to an activating group) is 1. The number of aliphatic carboxylic acids is 1. The van der Waals surface area contributed by atoms with E-state index in [0.29, 0.717) is 0 Å². The van der Waals surface area contributed by atoms with Crippen LogP contribution >= 0.6 is 23.2 Å². The number of nitrogens with one attached hydrogen (secondary N) is 7. The average molecular weight is 1450 g/mol. The summed E-state index contributed by atoms with van der Waals surface area (Å²) in [4.78, 5) is 118. The van der Waals surface area contributed by atoms with E-state index in [2.05, 4.69) is 37.2 Å². The van der Waals surface area contributed by atoms with Gasteiger partial charge in [0.05, 0.1) is 40.8 Å². The minimum atomic E-state index is -2.31. The van der Waals surface area contributed by atoms with Crippen molar-refractivity contribution in [1.82, 2.24) is 37.2 Å². The summed E-state index contributed by atoms with van der Waals surface area (Å²) < 4.78 is 32.5. The highest BCUT2D eigenvalue weighted by molar-refractivity contribution is 6.32. The van der Waals surface area contributed by atoms with Gasteiger partial charge in [-0.05, 0) is 117 Å². The molecule has 8 unspecified atom stereocenters. The number of hydrogen-bond acceptors (Lipinski definition) is 24. The highest BCUT2D eigenvalue weighted by Crippen LogP contribution is 2.50. The molecule has 5 aromatic rings. The van der Waals surface area contributed by atoms with Gasteiger partial charge in [0.2, 0.25) is 47.1 Å². The van der Waals surface area contributed by atoms with Crippen LogP contribution in [0.3, 0.4) is 0 Å². The number of rotatable bonds is 13. The number of phenolic OH excluding ortho intramolecular Hbond substituents is 3. The molecule has 101 heavy (non-hydrogen) atoms. The Balaban J connectivity index is 1.26. The SMILES string of the molecule is CNC(CC(C)C)C(=O)NC1C(=O)N[C@@H](CC(N)=O)C(=O)N[C@H]2C(=O)N[C@H]3C(=O)N[C@H](C(=O)N[C@@H](C(=O)O)c4cc(O)cc(O)c4-c4cc3ccc4O)C(OC3C[C@](C)(N)C(O)[C@H](C)O3)c3ccc(c(Cl)c3)Oc3cc2cc(c3OC2CC(CO)[C@@H](O)C(O)[C@H]2O)Oc2ccc(cc2Cl)[C@H]1O. The van der Waals surface area contributed by atoms with Crippen LogP contribution in [0.4, 0.5) is 0 Å². The third kappa shape index (κ3) is 15.8. The molecule has 34 heteroatoms. The van der Waals surface area contributed by atoms with E-state index in [1.165, 1.54) is 51.2 Å². The van der Waals surface area contributed by atoms with Crippen LogP contribution in [0.2, 0.25) is 10.0 Å². The lowest BCUT2D eigenvalue weighted by atomic mass is 9.81. The molecule has 1 saturated heterocycles. The fraction of sp³-hybridized carbons (Fsp3) is 0.433. The predicted molar refractivity (Wildman–Crippen MR) is 353 cm³/mol. The van der Waals surface area contributed by atoms with Crippen LogP contribution in [-0.4, -0.2) is 185 Å². The molecule has 1 aliphatic carbocycles. The number of aromatic hydroxyl groups is 3. The molecule has 32 nitrogen and oxygen atoms in total. The molecule has 0 aromatic heterocycles. The number of halogens is 2. The van der Waals surface area contributed by atoms with Gasteiger partial charge in [0.15, 0.2) is 23.8 Å². The van der Waals surface area contributed by atoms with Crippen LogP contribution in [0.15, 0.2) is 78.9 Å². The van der Waals surface area contributed by atoms with Gasteiger partial charge < -0.3 is 123 Å². The molecule has 21 N–H and O–H groups in total. The Bertz CT molecular complexity index is 4070. The zero-order valence-electron chi connectivity index (χ0n) is 54.6. The molecular weight excluding hydrogens is 1370 g/mol. The number of nitrogens with two attached hydrogens (primary N) is 2. The summed E-state index contributed by atoms with van der Waals surface area (Å²) in [6.45, 7) is 5.85. The standard InChI is InChI=1S/C67H77Cl2N9O23/c1-24(2)12-36(72-5)60(89)77-51-53(84)27-7-10-40(34(68)14-27)98-43-16-29-17-44(58(43)100-42-18-30(23-79)54(85)56(87)55(42)86)99-41-11-8-28(15-35(41)69)57(101-46-22-67(4,71)59(88)25(3)97-46)52-65(94)76-50(66(95)96)33-19-31(80)20-39(82)47(33)32-13-26(6-9-38(32)81)48(62(91)78-52)75-63(92)49(29)74-61(90)37(21-45(70)83)73-64(51)93/h6-11,13-17,19-20,24-25,30,36-37,42,46,48-57,59,72,79-82,84-88H,12,18,21-23,71H2,1-5H3,(H2,70,83)(H,73,93)(H,74,90)(H,75,92)(H,76,94)(H,77,89)(H,78,91)(H,95,96)/t25-,30?,36?,37-,42?,46?,48+,49+,50+,51?,52-,53+,54+,55-,56?,57?,59?,67-/m0/s1. The van der Waals surface area contributed by atoms with E-state index in [0.717, 1.165) is 48.5 Å². The second-order valence-corrected chi connectivity index (χ2v) is 27.0. The zero-order valence-corrected chi connectivity index (χ0v) is 56.1. The number of carbonyl (C=O) groups is 8. The summed E-state index contributed by atoms with van der Waals surface area (Å²) in [5.41, 5.74) is 8.30. The predicted octanol–water partition coefficient (Wildman–Crippen LogP) is 0.770. The Morgan fingerprint density at radius 2 is 1.34 bits per heavy atom. The first-order chi connectivity index (χ1) is 47.7. The topological polar surface area (TPSA) is 521 Å². The van der Waals surface area contributed by atoms with Crippen LogP contribution in [0.1, 0.15) is 112 Å². The van der Waals surface area contributed by atoms with Crippen molar-refractivity contribution in [3.8, 4) is 57.1 Å². The highest BCUT2D eigenvalue weighted by atomic mass is 35.5. The summed E-state index contributed by atoms with van der Waals surface area (Å²) in [5, 5.41) is 130. The Kier molecular flexibility index (Phi) is 22.3. The van der Waals surface area contributed by atoms with Gasteiger partial charge in [-0.2, -0.15) is 0 Å². The van der Waals surface area contributed by atoms with Crippen molar-refractivity contribution >= 4 is 70.5 Å². The second-order valence-electron chi connectivity index (χ2n) is 26.2. The van der Waals surface area contributed by atoms with E-state index in [9.17, 15) is 70.2 Å². The number of carboxylic acids is 1. The van der Waals surface area contributed by atoms with Gasteiger partial charge in [-0.15, -0.1) is 0 Å². The molecule has 6 aliphatic heterocycles. The quantitative estimate of drug-likeness (QED) is 0.0774. The van der Waals surface area contributed by atoms with Crippen molar-refractivity contribution in [2.45, 2.75) is 156 Å². The van der Waals surface area contributed by atoms with Crippen molar-refractivity contribution in [2.75, 3.05) is 13.7 Å². The van der Waals surface area contributed by atoms with Gasteiger partial charge in [-0.1, -0.05) is 55.2 Å². The molecule has 0 radical (unpaired) electrons. The first kappa shape index (κ1) is 74.5. The Morgan fingerprint density at radius 1 is 0.723 bits per heavy atom. The maximum Gasteiger partial charge on any atom is 0.330 e. The van der Waals surface area contributed by atoms with Crippen LogP contribution in [0.25, 0.3) is 11.1 Å². The van der Waals surface area contributed by atoms with Gasteiger partial charge in [0.25, 0.3) is 0 Å². The summed E-state index contributed by atoms with van der Waals surface area (Å²) >= 11 is 14.3. The summed E-state index contributed by atoms with van der Waals surface area (Å²) in [5.74, 6) is -16.6. The number of phenols is 3. The van der Waals surface area contributed by atoms with Gasteiger partial charge in [-0.3, -0.25) is 33.6 Å². The monoisotopic (exact) mass is 1450 g/mol. The normalized spacial score (nSPS) is 29.4. The number of primary amides is 1. The lowest BCUT2D eigenvalue weighted by molar-refractivity contribution is -0.255. The van der Waals surface area contributed by atoms with Crippen LogP contribution in [-0.2, 0) is 47.8 Å². The molecule has 18 atom stereocenters.